The fraction of sp³-hybridized carbons (Fsp3) is 0.243. The van der Waals surface area contributed by atoms with Gasteiger partial charge < -0.3 is 5.11 Å². The maximum Gasteiger partial charge on any atom is 0.258 e. The average Bonchev–Trinajstić information content (AvgIpc) is 3.40. The lowest BCUT2D eigenvalue weighted by Gasteiger charge is -2.50. The van der Waals surface area contributed by atoms with E-state index in [9.17, 15) is 28.7 Å². The lowest BCUT2D eigenvalue weighted by Crippen LogP contribution is -2.60. The van der Waals surface area contributed by atoms with Crippen LogP contribution in [0.15, 0.2) is 97.6 Å². The summed E-state index contributed by atoms with van der Waals surface area (Å²) in [7, 11) is 0. The molecule has 2 heterocycles. The first-order valence-corrected chi connectivity index (χ1v) is 16.0. The third kappa shape index (κ3) is 4.24. The molecular formula is C37H29Cl2FN2O5. The number of allylic oxidation sites excluding steroid dienone is 3. The van der Waals surface area contributed by atoms with Crippen molar-refractivity contribution in [2.75, 3.05) is 9.80 Å². The molecule has 7 rings (SSSR count). The third-order valence-electron chi connectivity index (χ3n) is 10.1. The van der Waals surface area contributed by atoms with Crippen LogP contribution in [0.5, 0.6) is 5.75 Å². The molecule has 4 aliphatic rings. The van der Waals surface area contributed by atoms with Crippen LogP contribution in [0.1, 0.15) is 35.4 Å². The van der Waals surface area contributed by atoms with Crippen molar-refractivity contribution in [3.63, 3.8) is 0 Å². The van der Waals surface area contributed by atoms with E-state index in [2.05, 4.69) is 13.2 Å². The molecule has 238 valence electrons. The van der Waals surface area contributed by atoms with Gasteiger partial charge in [-0.1, -0.05) is 60.7 Å². The average molecular weight is 672 g/mol. The maximum absolute atomic E-state index is 14.5. The Balaban J connectivity index is 1.40. The molecule has 2 aliphatic heterocycles. The van der Waals surface area contributed by atoms with Crippen LogP contribution in [-0.4, -0.2) is 38.5 Å². The molecule has 0 aromatic heterocycles. The second kappa shape index (κ2) is 11.0. The van der Waals surface area contributed by atoms with Gasteiger partial charge in [0.1, 0.15) is 11.6 Å². The summed E-state index contributed by atoms with van der Waals surface area (Å²) in [6.07, 6.45) is 5.35. The third-order valence-corrected chi connectivity index (χ3v) is 11.5. The number of rotatable bonds is 6. The van der Waals surface area contributed by atoms with Crippen molar-refractivity contribution in [1.82, 2.24) is 0 Å². The largest absolute Gasteiger partial charge is 0.507 e. The summed E-state index contributed by atoms with van der Waals surface area (Å²) in [4.78, 5) is 54.8. The summed E-state index contributed by atoms with van der Waals surface area (Å²) in [5.74, 6) is -6.75. The number of hydrogen-bond acceptors (Lipinski definition) is 5. The van der Waals surface area contributed by atoms with Crippen LogP contribution < -0.4 is 9.80 Å². The molecule has 3 aromatic rings. The van der Waals surface area contributed by atoms with Gasteiger partial charge in [0.2, 0.25) is 11.8 Å². The lowest BCUT2D eigenvalue weighted by atomic mass is 9.56. The van der Waals surface area contributed by atoms with Crippen molar-refractivity contribution in [3.05, 3.63) is 120 Å². The Hall–Kier alpha value is -4.53. The van der Waals surface area contributed by atoms with Crippen molar-refractivity contribution >= 4 is 64.3 Å². The molecule has 3 aromatic carbocycles. The maximum atomic E-state index is 14.5. The minimum Gasteiger partial charge on any atom is -0.507 e. The van der Waals surface area contributed by atoms with E-state index in [-0.39, 0.29) is 35.7 Å². The quantitative estimate of drug-likeness (QED) is 0.180. The number of halogens is 3. The van der Waals surface area contributed by atoms with E-state index in [1.807, 2.05) is 6.08 Å². The van der Waals surface area contributed by atoms with Gasteiger partial charge in [-0.15, -0.1) is 29.8 Å². The molecule has 47 heavy (non-hydrogen) atoms. The first-order valence-electron chi connectivity index (χ1n) is 15.2. The van der Waals surface area contributed by atoms with Gasteiger partial charge >= 0.3 is 0 Å². The zero-order chi connectivity index (χ0) is 33.4. The molecule has 0 radical (unpaired) electrons. The van der Waals surface area contributed by atoms with Crippen molar-refractivity contribution in [2.45, 2.75) is 34.9 Å². The van der Waals surface area contributed by atoms with E-state index in [0.29, 0.717) is 23.2 Å². The van der Waals surface area contributed by atoms with E-state index < -0.39 is 57.0 Å². The fourth-order valence-corrected chi connectivity index (χ4v) is 8.85. The van der Waals surface area contributed by atoms with Crippen molar-refractivity contribution in [1.29, 1.82) is 0 Å². The van der Waals surface area contributed by atoms with Crippen LogP contribution in [-0.2, 0) is 25.6 Å². The number of carbonyl (C=O) groups is 4. The van der Waals surface area contributed by atoms with Gasteiger partial charge in [0.25, 0.3) is 11.8 Å². The Bertz CT molecular complexity index is 1930. The van der Waals surface area contributed by atoms with Crippen LogP contribution >= 0.6 is 23.2 Å². The molecule has 7 nitrogen and oxygen atoms in total. The van der Waals surface area contributed by atoms with Crippen molar-refractivity contribution in [3.8, 4) is 5.75 Å². The molecule has 10 heteroatoms. The van der Waals surface area contributed by atoms with Crippen LogP contribution in [0, 0.1) is 23.6 Å². The van der Waals surface area contributed by atoms with Crippen LogP contribution in [0.3, 0.4) is 0 Å². The zero-order valence-corrected chi connectivity index (χ0v) is 26.5. The Morgan fingerprint density at radius 2 is 1.53 bits per heavy atom. The van der Waals surface area contributed by atoms with Crippen LogP contribution in [0.25, 0.3) is 6.08 Å². The molecule has 2 aliphatic carbocycles. The minimum atomic E-state index is -2.15. The van der Waals surface area contributed by atoms with Crippen LogP contribution in [0.4, 0.5) is 15.8 Å². The lowest BCUT2D eigenvalue weighted by molar-refractivity contribution is -0.125. The number of benzene rings is 3. The second-order valence-corrected chi connectivity index (χ2v) is 13.6. The van der Waals surface area contributed by atoms with Gasteiger partial charge in [-0.25, -0.2) is 9.29 Å². The number of carbonyl (C=O) groups excluding carboxylic acids is 4. The van der Waals surface area contributed by atoms with E-state index in [1.54, 1.807) is 54.6 Å². The molecule has 6 atom stereocenters. The highest BCUT2D eigenvalue weighted by molar-refractivity contribution is 6.58. The van der Waals surface area contributed by atoms with Gasteiger partial charge in [0.15, 0.2) is 9.75 Å². The Morgan fingerprint density at radius 1 is 0.872 bits per heavy atom. The number of alkyl halides is 2. The molecular weight excluding hydrogens is 642 g/mol. The zero-order valence-electron chi connectivity index (χ0n) is 25.0. The SMILES string of the molecule is C=CCc1cccc([C@H]2C3=CC[C@@H]4C(=O)N(c5ccc(C=C)cc5)C(=O)[C@@H]4[C@@H]3C[C@@]3(Cl)C(=O)N(c4ccc(F)cc4)C(=O)[C@@]23Cl)c1O. The summed E-state index contributed by atoms with van der Waals surface area (Å²) in [5, 5.41) is 11.6. The fourth-order valence-electron chi connectivity index (χ4n) is 7.92. The number of phenolic OH excluding ortho intramolecular Hbond substituents is 1. The van der Waals surface area contributed by atoms with Crippen LogP contribution in [0.2, 0.25) is 0 Å². The van der Waals surface area contributed by atoms with Gasteiger partial charge in [0.05, 0.1) is 23.2 Å². The molecule has 1 N–H and O–H groups in total. The molecule has 0 unspecified atom stereocenters. The first-order chi connectivity index (χ1) is 22.5. The number of para-hydroxylation sites is 1. The molecule has 4 amide bonds. The van der Waals surface area contributed by atoms with Gasteiger partial charge in [-0.3, -0.25) is 24.1 Å². The normalized spacial score (nSPS) is 29.7. The molecule has 1 saturated carbocycles. The minimum absolute atomic E-state index is 0.0790. The van der Waals surface area contributed by atoms with E-state index in [1.165, 1.54) is 17.0 Å². The summed E-state index contributed by atoms with van der Waals surface area (Å²) < 4.78 is 13.9. The molecule has 0 spiro atoms. The van der Waals surface area contributed by atoms with Crippen molar-refractivity contribution < 1.29 is 28.7 Å². The Kier molecular flexibility index (Phi) is 7.30. The topological polar surface area (TPSA) is 95.0 Å². The number of nitrogens with zero attached hydrogens (tertiary/aromatic N) is 2. The number of amides is 4. The van der Waals surface area contributed by atoms with Gasteiger partial charge in [-0.2, -0.15) is 0 Å². The number of aromatic hydroxyl groups is 1. The second-order valence-electron chi connectivity index (χ2n) is 12.4. The Labute approximate surface area is 280 Å². The highest BCUT2D eigenvalue weighted by Crippen LogP contribution is 2.66. The summed E-state index contributed by atoms with van der Waals surface area (Å²) in [6.45, 7) is 7.52. The number of anilines is 2. The Morgan fingerprint density at radius 3 is 2.19 bits per heavy atom. The number of hydrogen-bond donors (Lipinski definition) is 1. The summed E-state index contributed by atoms with van der Waals surface area (Å²) >= 11 is 14.8. The standard InChI is InChI=1S/C37H29Cl2FN2O5/c1-3-6-21-7-5-8-27(31(21)43)30-25-17-18-26-29(33(45)41(32(26)44)23-13-9-20(4-2)10-14-23)28(25)19-36(38)34(46)42(35(47)37(30,36)39)24-15-11-22(40)12-16-24/h3-5,7-17,26,28-30,43H,1-2,6,18-19H2/t26-,28+,29-,30+,36+,37-/m0/s1. The number of fused-ring (bicyclic) bond motifs is 4. The predicted molar refractivity (Wildman–Crippen MR) is 178 cm³/mol. The molecule has 0 bridgehead atoms. The van der Waals surface area contributed by atoms with E-state index in [4.69, 9.17) is 23.2 Å². The monoisotopic (exact) mass is 670 g/mol. The number of phenols is 1. The number of imide groups is 2. The van der Waals surface area contributed by atoms with Crippen molar-refractivity contribution in [2.24, 2.45) is 17.8 Å². The highest BCUT2D eigenvalue weighted by Gasteiger charge is 2.77. The predicted octanol–water partition coefficient (Wildman–Crippen LogP) is 6.67. The van der Waals surface area contributed by atoms with Gasteiger partial charge in [0, 0.05) is 11.5 Å². The first kappa shape index (κ1) is 31.1. The molecule has 3 fully saturated rings. The van der Waals surface area contributed by atoms with E-state index >= 15 is 0 Å². The van der Waals surface area contributed by atoms with Gasteiger partial charge in [-0.05, 0) is 72.7 Å². The van der Waals surface area contributed by atoms with E-state index in [0.717, 1.165) is 22.6 Å². The highest BCUT2D eigenvalue weighted by atomic mass is 35.5. The smallest absolute Gasteiger partial charge is 0.258 e. The molecule has 2 saturated heterocycles. The summed E-state index contributed by atoms with van der Waals surface area (Å²) in [6, 6.07) is 16.7. The summed E-state index contributed by atoms with van der Waals surface area (Å²) in [5.41, 5.74) is 2.63.